The summed E-state index contributed by atoms with van der Waals surface area (Å²) in [5.41, 5.74) is 16.0. The van der Waals surface area contributed by atoms with Gasteiger partial charge in [-0.15, -0.1) is 0 Å². The minimum Gasteiger partial charge on any atom is -0.310 e. The van der Waals surface area contributed by atoms with Crippen LogP contribution in [-0.4, -0.2) is 0 Å². The van der Waals surface area contributed by atoms with Crippen molar-refractivity contribution in [3.63, 3.8) is 0 Å². The van der Waals surface area contributed by atoms with E-state index in [1.54, 1.807) is 0 Å². The van der Waals surface area contributed by atoms with Gasteiger partial charge in [-0.1, -0.05) is 166 Å². The summed E-state index contributed by atoms with van der Waals surface area (Å²) in [6.07, 6.45) is 0. The molecule has 0 amide bonds. The molecule has 238 valence electrons. The van der Waals surface area contributed by atoms with Crippen molar-refractivity contribution in [2.45, 2.75) is 19.3 Å². The Hall–Kier alpha value is -6.18. The molecule has 1 nitrogen and oxygen atoms in total. The maximum Gasteiger partial charge on any atom is 0.0546 e. The van der Waals surface area contributed by atoms with Crippen molar-refractivity contribution in [1.29, 1.82) is 0 Å². The summed E-state index contributed by atoms with van der Waals surface area (Å²) in [5.74, 6) is 0. The Labute approximate surface area is 294 Å². The SMILES string of the molecule is CC1(C)c2cc(-c3ccccc3)ccc2-c2cc(N(c3ccc(-c4ccccc4)cc3)c3ccc(-c4ccccc4)cc3)c3ccccc3c21. The maximum absolute atomic E-state index is 2.45. The second-order valence-electron chi connectivity index (χ2n) is 13.8. The third-order valence-corrected chi connectivity index (χ3v) is 10.4. The van der Waals surface area contributed by atoms with Crippen molar-refractivity contribution in [2.24, 2.45) is 0 Å². The highest BCUT2D eigenvalue weighted by atomic mass is 15.1. The minimum atomic E-state index is -0.160. The smallest absolute Gasteiger partial charge is 0.0546 e. The van der Waals surface area contributed by atoms with Crippen LogP contribution in [0.25, 0.3) is 55.3 Å². The summed E-state index contributed by atoms with van der Waals surface area (Å²) in [6, 6.07) is 68.5. The van der Waals surface area contributed by atoms with Gasteiger partial charge in [0.15, 0.2) is 0 Å². The van der Waals surface area contributed by atoms with Crippen LogP contribution >= 0.6 is 0 Å². The van der Waals surface area contributed by atoms with E-state index in [2.05, 4.69) is 207 Å². The zero-order valence-corrected chi connectivity index (χ0v) is 28.3. The van der Waals surface area contributed by atoms with Crippen LogP contribution in [0.3, 0.4) is 0 Å². The van der Waals surface area contributed by atoms with Crippen LogP contribution in [-0.2, 0) is 5.41 Å². The minimum absolute atomic E-state index is 0.160. The molecular weight excluding hydrogens is 603 g/mol. The second-order valence-corrected chi connectivity index (χ2v) is 13.8. The molecule has 0 atom stereocenters. The second kappa shape index (κ2) is 12.1. The summed E-state index contributed by atoms with van der Waals surface area (Å²) in [5, 5.41) is 2.55. The number of fused-ring (bicyclic) bond motifs is 5. The average molecular weight is 640 g/mol. The van der Waals surface area contributed by atoms with Crippen molar-refractivity contribution in [3.8, 4) is 44.5 Å². The maximum atomic E-state index is 2.45. The van der Waals surface area contributed by atoms with E-state index in [1.165, 1.54) is 72.1 Å². The number of anilines is 3. The van der Waals surface area contributed by atoms with Crippen LogP contribution in [0.15, 0.2) is 188 Å². The molecule has 0 unspecified atom stereocenters. The largest absolute Gasteiger partial charge is 0.310 e. The Kier molecular flexibility index (Phi) is 7.21. The summed E-state index contributed by atoms with van der Waals surface area (Å²) >= 11 is 0. The molecule has 1 heteroatoms. The fourth-order valence-electron chi connectivity index (χ4n) is 7.96. The van der Waals surface area contributed by atoms with E-state index in [0.29, 0.717) is 0 Å². The lowest BCUT2D eigenvalue weighted by molar-refractivity contribution is 0.666. The molecule has 1 aliphatic carbocycles. The molecular formula is C49H37N. The van der Waals surface area contributed by atoms with Crippen molar-refractivity contribution in [2.75, 3.05) is 4.90 Å². The highest BCUT2D eigenvalue weighted by molar-refractivity contribution is 6.07. The molecule has 8 aromatic rings. The Balaban J connectivity index is 1.25. The highest BCUT2D eigenvalue weighted by Crippen LogP contribution is 2.55. The number of rotatable bonds is 6. The van der Waals surface area contributed by atoms with Crippen LogP contribution in [0.5, 0.6) is 0 Å². The van der Waals surface area contributed by atoms with E-state index in [4.69, 9.17) is 0 Å². The van der Waals surface area contributed by atoms with Crippen molar-refractivity contribution in [3.05, 3.63) is 199 Å². The van der Waals surface area contributed by atoms with Gasteiger partial charge in [-0.3, -0.25) is 0 Å². The molecule has 0 aliphatic heterocycles. The molecule has 0 aromatic heterocycles. The summed E-state index contributed by atoms with van der Waals surface area (Å²) in [7, 11) is 0. The molecule has 0 saturated heterocycles. The molecule has 8 aromatic carbocycles. The molecule has 0 radical (unpaired) electrons. The number of hydrogen-bond acceptors (Lipinski definition) is 1. The summed E-state index contributed by atoms with van der Waals surface area (Å²) in [4.78, 5) is 2.44. The van der Waals surface area contributed by atoms with Crippen LogP contribution in [0.4, 0.5) is 17.1 Å². The predicted octanol–water partition coefficient (Wildman–Crippen LogP) is 13.6. The summed E-state index contributed by atoms with van der Waals surface area (Å²) in [6.45, 7) is 4.78. The first-order valence-corrected chi connectivity index (χ1v) is 17.4. The lowest BCUT2D eigenvalue weighted by Gasteiger charge is -2.30. The van der Waals surface area contributed by atoms with Gasteiger partial charge < -0.3 is 4.90 Å². The molecule has 0 N–H and O–H groups in total. The van der Waals surface area contributed by atoms with Crippen LogP contribution in [0, 0.1) is 0 Å². The molecule has 9 rings (SSSR count). The summed E-state index contributed by atoms with van der Waals surface area (Å²) < 4.78 is 0. The van der Waals surface area contributed by atoms with Crippen LogP contribution < -0.4 is 4.90 Å². The number of benzene rings is 8. The number of hydrogen-bond donors (Lipinski definition) is 0. The van der Waals surface area contributed by atoms with E-state index in [1.807, 2.05) is 0 Å². The lowest BCUT2D eigenvalue weighted by Crippen LogP contribution is -2.16. The third kappa shape index (κ3) is 5.02. The standard InChI is InChI=1S/C49H37N/c1-49(2)46-32-39(36-18-10-5-11-19-36)26-31-42(46)45-33-47(43-20-12-13-21-44(43)48(45)49)50(40-27-22-37(23-28-40)34-14-6-3-7-15-34)41-29-24-38(25-30-41)35-16-8-4-9-17-35/h3-33H,1-2H3. The topological polar surface area (TPSA) is 3.24 Å². The first-order valence-electron chi connectivity index (χ1n) is 17.4. The first-order chi connectivity index (χ1) is 24.6. The Morgan fingerprint density at radius 2 is 0.780 bits per heavy atom. The molecule has 0 heterocycles. The lowest BCUT2D eigenvalue weighted by atomic mass is 9.79. The molecule has 0 spiro atoms. The van der Waals surface area contributed by atoms with Gasteiger partial charge in [-0.25, -0.2) is 0 Å². The fraction of sp³-hybridized carbons (Fsp3) is 0.0612. The first kappa shape index (κ1) is 29.9. The van der Waals surface area contributed by atoms with E-state index < -0.39 is 0 Å². The van der Waals surface area contributed by atoms with E-state index in [-0.39, 0.29) is 5.41 Å². The van der Waals surface area contributed by atoms with Crippen molar-refractivity contribution >= 4 is 27.8 Å². The third-order valence-electron chi connectivity index (χ3n) is 10.4. The van der Waals surface area contributed by atoms with Gasteiger partial charge in [0.05, 0.1) is 5.69 Å². The predicted molar refractivity (Wildman–Crippen MR) is 213 cm³/mol. The highest BCUT2D eigenvalue weighted by Gasteiger charge is 2.38. The van der Waals surface area contributed by atoms with E-state index in [0.717, 1.165) is 11.4 Å². The van der Waals surface area contributed by atoms with Gasteiger partial charge in [0.1, 0.15) is 0 Å². The van der Waals surface area contributed by atoms with Gasteiger partial charge in [-0.05, 0) is 97.4 Å². The van der Waals surface area contributed by atoms with Gasteiger partial charge in [0.25, 0.3) is 0 Å². The van der Waals surface area contributed by atoms with Gasteiger partial charge >= 0.3 is 0 Å². The molecule has 0 bridgehead atoms. The van der Waals surface area contributed by atoms with Gasteiger partial charge in [0.2, 0.25) is 0 Å². The normalized spacial score (nSPS) is 12.8. The Morgan fingerprint density at radius 3 is 1.30 bits per heavy atom. The zero-order valence-electron chi connectivity index (χ0n) is 28.3. The van der Waals surface area contributed by atoms with Crippen LogP contribution in [0.1, 0.15) is 25.0 Å². The molecule has 50 heavy (non-hydrogen) atoms. The van der Waals surface area contributed by atoms with Crippen molar-refractivity contribution < 1.29 is 0 Å². The molecule has 0 fully saturated rings. The Bertz CT molecular complexity index is 2380. The van der Waals surface area contributed by atoms with E-state index in [9.17, 15) is 0 Å². The average Bonchev–Trinajstić information content (AvgIpc) is 3.42. The fourth-order valence-corrected chi connectivity index (χ4v) is 7.96. The molecule has 1 aliphatic rings. The zero-order chi connectivity index (χ0) is 33.7. The van der Waals surface area contributed by atoms with E-state index >= 15 is 0 Å². The van der Waals surface area contributed by atoms with Crippen LogP contribution in [0.2, 0.25) is 0 Å². The van der Waals surface area contributed by atoms with Gasteiger partial charge in [0, 0.05) is 22.2 Å². The van der Waals surface area contributed by atoms with Crippen molar-refractivity contribution in [1.82, 2.24) is 0 Å². The Morgan fingerprint density at radius 1 is 0.360 bits per heavy atom. The monoisotopic (exact) mass is 639 g/mol. The number of nitrogens with zero attached hydrogens (tertiary/aromatic N) is 1. The van der Waals surface area contributed by atoms with Gasteiger partial charge in [-0.2, -0.15) is 0 Å². The molecule has 0 saturated carbocycles. The quantitative estimate of drug-likeness (QED) is 0.175.